The molecule has 0 amide bonds. The summed E-state index contributed by atoms with van der Waals surface area (Å²) in [5.74, 6) is 1.87. The molecule has 0 bridgehead atoms. The van der Waals surface area contributed by atoms with E-state index in [-0.39, 0.29) is 6.71 Å². The number of nitrogens with zero attached hydrogens (tertiary/aromatic N) is 1. The van der Waals surface area contributed by atoms with Crippen molar-refractivity contribution >= 4 is 72.5 Å². The Morgan fingerprint density at radius 1 is 0.400 bits per heavy atom. The summed E-state index contributed by atoms with van der Waals surface area (Å²) in [6.45, 7) is 2.27. The molecule has 0 unspecified atom stereocenters. The van der Waals surface area contributed by atoms with Crippen molar-refractivity contribution < 1.29 is 4.74 Å². The smallest absolute Gasteiger partial charge is 0.251 e. The van der Waals surface area contributed by atoms with Gasteiger partial charge in [0.2, 0.25) is 0 Å². The monoisotopic (exact) mass is 827 g/mol. The van der Waals surface area contributed by atoms with E-state index in [4.69, 9.17) is 4.74 Å². The number of ether oxygens (including phenoxy) is 1. The quantitative estimate of drug-likeness (QED) is 0.122. The minimum absolute atomic E-state index is 0.0639. The molecule has 2 heterocycles. The lowest BCUT2D eigenvalue weighted by molar-refractivity contribution is 0.487. The SMILES string of the molecule is Cc1ccc2c(-c3cc4c5c(c3)Oc3ccccc3B5c3ccc(N(c5ccccc5)c5ccccc5)cc3C4)c3ccccc3c(-c3ccc(-c4cccc5ccccc45)cc3)c2c1. The molecule has 0 N–H and O–H groups in total. The maximum Gasteiger partial charge on any atom is 0.251 e. The molecule has 0 saturated carbocycles. The van der Waals surface area contributed by atoms with E-state index >= 15 is 0 Å². The van der Waals surface area contributed by atoms with Crippen LogP contribution in [0.3, 0.4) is 0 Å². The maximum absolute atomic E-state index is 6.98. The van der Waals surface area contributed by atoms with Gasteiger partial charge in [0.25, 0.3) is 6.71 Å². The maximum atomic E-state index is 6.98. The van der Waals surface area contributed by atoms with Gasteiger partial charge in [0.05, 0.1) is 0 Å². The van der Waals surface area contributed by atoms with Crippen LogP contribution in [-0.2, 0) is 6.42 Å². The fourth-order valence-electron chi connectivity index (χ4n) is 11.0. The Kier molecular flexibility index (Phi) is 8.64. The first-order valence-electron chi connectivity index (χ1n) is 22.7. The van der Waals surface area contributed by atoms with Gasteiger partial charge in [-0.25, -0.2) is 0 Å². The molecule has 13 rings (SSSR count). The highest BCUT2D eigenvalue weighted by Gasteiger charge is 2.39. The fraction of sp³-hybridized carbons (Fsp3) is 0.0323. The number of rotatable bonds is 6. The van der Waals surface area contributed by atoms with Gasteiger partial charge in [0.1, 0.15) is 11.5 Å². The lowest BCUT2D eigenvalue weighted by Crippen LogP contribution is -2.59. The molecule has 0 aromatic heterocycles. The largest absolute Gasteiger partial charge is 0.458 e. The number of anilines is 3. The summed E-state index contributed by atoms with van der Waals surface area (Å²) in [5.41, 5.74) is 18.5. The number of hydrogen-bond donors (Lipinski definition) is 0. The molecular weight excluding hydrogens is 785 g/mol. The molecule has 0 saturated heterocycles. The van der Waals surface area contributed by atoms with E-state index in [1.807, 2.05) is 0 Å². The highest BCUT2D eigenvalue weighted by Crippen LogP contribution is 2.46. The summed E-state index contributed by atoms with van der Waals surface area (Å²) in [5, 5.41) is 7.49. The molecule has 11 aromatic carbocycles. The molecule has 0 radical (unpaired) electrons. The van der Waals surface area contributed by atoms with Crippen molar-refractivity contribution in [3.63, 3.8) is 0 Å². The zero-order valence-corrected chi connectivity index (χ0v) is 36.0. The summed E-state index contributed by atoms with van der Waals surface area (Å²) < 4.78 is 6.98. The molecular formula is C62H42BNO. The number of fused-ring (bicyclic) bond motifs is 7. The van der Waals surface area contributed by atoms with Crippen LogP contribution in [0.25, 0.3) is 65.7 Å². The van der Waals surface area contributed by atoms with Gasteiger partial charge in [-0.05, 0) is 150 Å². The molecule has 0 spiro atoms. The lowest BCUT2D eigenvalue weighted by atomic mass is 9.32. The van der Waals surface area contributed by atoms with Gasteiger partial charge in [-0.15, -0.1) is 0 Å². The first kappa shape index (κ1) is 37.4. The van der Waals surface area contributed by atoms with Crippen LogP contribution in [0.15, 0.2) is 224 Å². The van der Waals surface area contributed by atoms with E-state index < -0.39 is 0 Å². The number of benzene rings is 11. The van der Waals surface area contributed by atoms with Crippen LogP contribution in [-0.4, -0.2) is 6.71 Å². The van der Waals surface area contributed by atoms with Crippen molar-refractivity contribution in [1.82, 2.24) is 0 Å². The van der Waals surface area contributed by atoms with Gasteiger partial charge in [-0.1, -0.05) is 187 Å². The second-order valence-electron chi connectivity index (χ2n) is 17.6. The average Bonchev–Trinajstić information content (AvgIpc) is 3.36. The highest BCUT2D eigenvalue weighted by atomic mass is 16.5. The van der Waals surface area contributed by atoms with Crippen molar-refractivity contribution in [1.29, 1.82) is 0 Å². The predicted octanol–water partition coefficient (Wildman–Crippen LogP) is 14.5. The van der Waals surface area contributed by atoms with Gasteiger partial charge in [-0.3, -0.25) is 0 Å². The van der Waals surface area contributed by atoms with E-state index in [9.17, 15) is 0 Å². The van der Waals surface area contributed by atoms with Crippen LogP contribution in [0.4, 0.5) is 17.1 Å². The Bertz CT molecular complexity index is 3630. The molecule has 2 aliphatic rings. The summed E-state index contributed by atoms with van der Waals surface area (Å²) in [6.07, 6.45) is 0.800. The zero-order valence-electron chi connectivity index (χ0n) is 36.0. The molecule has 3 heteroatoms. The average molecular weight is 828 g/mol. The molecule has 0 aliphatic carbocycles. The lowest BCUT2D eigenvalue weighted by Gasteiger charge is -2.35. The van der Waals surface area contributed by atoms with Crippen molar-refractivity contribution in [3.05, 3.63) is 241 Å². The Morgan fingerprint density at radius 3 is 1.80 bits per heavy atom. The molecule has 2 aliphatic heterocycles. The Balaban J connectivity index is 0.990. The molecule has 304 valence electrons. The van der Waals surface area contributed by atoms with E-state index in [2.05, 4.69) is 236 Å². The van der Waals surface area contributed by atoms with Crippen molar-refractivity contribution in [3.8, 4) is 44.9 Å². The third-order valence-corrected chi connectivity index (χ3v) is 13.8. The third kappa shape index (κ3) is 6.11. The summed E-state index contributed by atoms with van der Waals surface area (Å²) in [6, 6.07) is 82.4. The zero-order chi connectivity index (χ0) is 43.0. The molecule has 11 aromatic rings. The van der Waals surface area contributed by atoms with Gasteiger partial charge in [0.15, 0.2) is 0 Å². The van der Waals surface area contributed by atoms with E-state index in [1.165, 1.54) is 98.8 Å². The second kappa shape index (κ2) is 15.0. The van der Waals surface area contributed by atoms with Gasteiger partial charge < -0.3 is 9.64 Å². The summed E-state index contributed by atoms with van der Waals surface area (Å²) in [7, 11) is 0. The van der Waals surface area contributed by atoms with Gasteiger partial charge in [0, 0.05) is 17.1 Å². The molecule has 0 atom stereocenters. The fourth-order valence-corrected chi connectivity index (χ4v) is 11.0. The molecule has 0 fully saturated rings. The summed E-state index contributed by atoms with van der Waals surface area (Å²) >= 11 is 0. The number of para-hydroxylation sites is 3. The first-order chi connectivity index (χ1) is 32.1. The normalized spacial score (nSPS) is 12.4. The third-order valence-electron chi connectivity index (χ3n) is 13.8. The second-order valence-corrected chi connectivity index (χ2v) is 17.6. The topological polar surface area (TPSA) is 12.5 Å². The van der Waals surface area contributed by atoms with Crippen molar-refractivity contribution in [2.45, 2.75) is 13.3 Å². The van der Waals surface area contributed by atoms with E-state index in [0.29, 0.717) is 0 Å². The van der Waals surface area contributed by atoms with Crippen molar-refractivity contribution in [2.75, 3.05) is 4.90 Å². The predicted molar refractivity (Wildman–Crippen MR) is 275 cm³/mol. The Hall–Kier alpha value is -8.14. The Labute approximate surface area is 379 Å². The molecule has 2 nitrogen and oxygen atoms in total. The van der Waals surface area contributed by atoms with E-state index in [0.717, 1.165) is 35.0 Å². The van der Waals surface area contributed by atoms with Crippen LogP contribution in [0, 0.1) is 6.92 Å². The van der Waals surface area contributed by atoms with Crippen LogP contribution >= 0.6 is 0 Å². The minimum atomic E-state index is 0.0639. The van der Waals surface area contributed by atoms with Crippen LogP contribution in [0.2, 0.25) is 0 Å². The number of hydrogen-bond acceptors (Lipinski definition) is 2. The van der Waals surface area contributed by atoms with Crippen LogP contribution in [0.1, 0.15) is 16.7 Å². The van der Waals surface area contributed by atoms with Crippen LogP contribution < -0.4 is 26.0 Å². The highest BCUT2D eigenvalue weighted by molar-refractivity contribution is 6.97. The van der Waals surface area contributed by atoms with Crippen LogP contribution in [0.5, 0.6) is 11.5 Å². The van der Waals surface area contributed by atoms with Gasteiger partial charge >= 0.3 is 0 Å². The van der Waals surface area contributed by atoms with Gasteiger partial charge in [-0.2, -0.15) is 0 Å². The summed E-state index contributed by atoms with van der Waals surface area (Å²) in [4.78, 5) is 2.37. The standard InChI is InChI=1S/C62H42BNO/c1-40-27-33-54-55(35-40)60(43-30-28-42(29-31-43)51-24-14-16-41-15-8-9-21-50(41)51)52-22-10-11-23-53(52)61(54)45-37-46-36-44-38-49(64(47-17-4-2-5-18-47)48-19-6-3-7-20-48)32-34-56(44)63-57-25-12-13-26-58(57)65-59(39-45)62(46)63/h2-35,37-39H,36H2,1H3. The Morgan fingerprint density at radius 2 is 1.03 bits per heavy atom. The van der Waals surface area contributed by atoms with Crippen molar-refractivity contribution in [2.24, 2.45) is 0 Å². The number of aryl methyl sites for hydroxylation is 1. The minimum Gasteiger partial charge on any atom is -0.458 e. The first-order valence-corrected chi connectivity index (χ1v) is 22.7. The molecule has 65 heavy (non-hydrogen) atoms. The van der Waals surface area contributed by atoms with E-state index in [1.54, 1.807) is 0 Å².